The third-order valence-corrected chi connectivity index (χ3v) is 6.88. The molecule has 5 nitrogen and oxygen atoms in total. The van der Waals surface area contributed by atoms with Gasteiger partial charge in [0, 0.05) is 38.4 Å². The van der Waals surface area contributed by atoms with Crippen LogP contribution in [0.3, 0.4) is 0 Å². The summed E-state index contributed by atoms with van der Waals surface area (Å²) in [5, 5.41) is 3.63. The zero-order valence-electron chi connectivity index (χ0n) is 19.5. The molecular weight excluding hydrogens is 406 g/mol. The van der Waals surface area contributed by atoms with E-state index >= 15 is 0 Å². The molecule has 2 saturated heterocycles. The Bertz CT molecular complexity index is 996. The molecule has 33 heavy (non-hydrogen) atoms. The molecule has 2 fully saturated rings. The summed E-state index contributed by atoms with van der Waals surface area (Å²) in [5.74, 6) is 1.84. The van der Waals surface area contributed by atoms with Gasteiger partial charge in [0.05, 0.1) is 0 Å². The van der Waals surface area contributed by atoms with Gasteiger partial charge in [0.25, 0.3) is 0 Å². The Hall–Kier alpha value is -2.92. The fraction of sp³-hybridized carbons (Fsp3) is 0.429. The Morgan fingerprint density at radius 2 is 1.55 bits per heavy atom. The van der Waals surface area contributed by atoms with Crippen molar-refractivity contribution in [1.29, 1.82) is 0 Å². The van der Waals surface area contributed by atoms with Crippen LogP contribution >= 0.6 is 0 Å². The predicted molar refractivity (Wildman–Crippen MR) is 137 cm³/mol. The summed E-state index contributed by atoms with van der Waals surface area (Å²) >= 11 is 0. The maximum absolute atomic E-state index is 4.86. The molecule has 5 rings (SSSR count). The van der Waals surface area contributed by atoms with Gasteiger partial charge >= 0.3 is 0 Å². The molecule has 1 atom stereocenters. The van der Waals surface area contributed by atoms with Crippen molar-refractivity contribution in [3.63, 3.8) is 0 Å². The van der Waals surface area contributed by atoms with Gasteiger partial charge in [-0.05, 0) is 55.0 Å². The highest BCUT2D eigenvalue weighted by atomic mass is 15.2. The number of benzene rings is 2. The molecule has 0 amide bonds. The number of aromatic nitrogens is 2. The van der Waals surface area contributed by atoms with Gasteiger partial charge in [-0.1, -0.05) is 67.4 Å². The molecule has 3 aromatic rings. The number of rotatable bonds is 6. The number of anilines is 2. The van der Waals surface area contributed by atoms with Crippen molar-refractivity contribution < 1.29 is 0 Å². The highest BCUT2D eigenvalue weighted by Gasteiger charge is 2.21. The molecular formula is C28H35N5. The lowest BCUT2D eigenvalue weighted by Crippen LogP contribution is -2.42. The van der Waals surface area contributed by atoms with E-state index in [4.69, 9.17) is 4.98 Å². The average molecular weight is 442 g/mol. The third-order valence-electron chi connectivity index (χ3n) is 6.88. The van der Waals surface area contributed by atoms with Crippen LogP contribution in [0.25, 0.3) is 11.1 Å². The van der Waals surface area contributed by atoms with Crippen molar-refractivity contribution in [3.8, 4) is 11.1 Å². The van der Waals surface area contributed by atoms with Crippen LogP contribution < -0.4 is 10.2 Å². The van der Waals surface area contributed by atoms with Crippen LogP contribution in [0.4, 0.5) is 11.8 Å². The summed E-state index contributed by atoms with van der Waals surface area (Å²) in [6.45, 7) is 5.38. The third kappa shape index (κ3) is 5.91. The maximum atomic E-state index is 4.86. The normalized spacial score (nSPS) is 19.8. The quantitative estimate of drug-likeness (QED) is 0.539. The topological polar surface area (TPSA) is 44.3 Å². The lowest BCUT2D eigenvalue weighted by Gasteiger charge is -2.33. The zero-order chi connectivity index (χ0) is 22.3. The minimum Gasteiger partial charge on any atom is -0.356 e. The van der Waals surface area contributed by atoms with E-state index in [1.165, 1.54) is 55.2 Å². The first kappa shape index (κ1) is 21.9. The van der Waals surface area contributed by atoms with Crippen molar-refractivity contribution in [2.24, 2.45) is 0 Å². The number of hydrogen-bond acceptors (Lipinski definition) is 5. The average Bonchev–Trinajstić information content (AvgIpc) is 3.15. The van der Waals surface area contributed by atoms with Gasteiger partial charge in [-0.2, -0.15) is 4.98 Å². The summed E-state index contributed by atoms with van der Waals surface area (Å²) in [5.41, 5.74) is 3.92. The van der Waals surface area contributed by atoms with Crippen LogP contribution in [0.2, 0.25) is 0 Å². The number of nitrogens with one attached hydrogen (secondary N) is 1. The molecule has 172 valence electrons. The van der Waals surface area contributed by atoms with Crippen molar-refractivity contribution >= 4 is 11.8 Å². The highest BCUT2D eigenvalue weighted by molar-refractivity contribution is 5.63. The number of hydrogen-bond donors (Lipinski definition) is 1. The Balaban J connectivity index is 1.18. The van der Waals surface area contributed by atoms with Crippen molar-refractivity contribution in [2.75, 3.05) is 36.4 Å². The molecule has 2 aliphatic heterocycles. The summed E-state index contributed by atoms with van der Waals surface area (Å²) in [6.07, 6.45) is 9.46. The summed E-state index contributed by atoms with van der Waals surface area (Å²) in [4.78, 5) is 14.4. The van der Waals surface area contributed by atoms with Gasteiger partial charge in [-0.15, -0.1) is 0 Å². The predicted octanol–water partition coefficient (Wildman–Crippen LogP) is 5.60. The number of nitrogens with zero attached hydrogens (tertiary/aromatic N) is 4. The summed E-state index contributed by atoms with van der Waals surface area (Å²) < 4.78 is 0. The van der Waals surface area contributed by atoms with Crippen LogP contribution in [0.1, 0.15) is 44.1 Å². The first-order valence-electron chi connectivity index (χ1n) is 12.5. The molecule has 1 unspecified atom stereocenters. The highest BCUT2D eigenvalue weighted by Crippen LogP contribution is 2.22. The van der Waals surface area contributed by atoms with E-state index in [0.29, 0.717) is 6.04 Å². The van der Waals surface area contributed by atoms with E-state index in [2.05, 4.69) is 80.8 Å². The molecule has 0 aliphatic carbocycles. The molecule has 2 aromatic carbocycles. The standard InChI is InChI=1S/C28H35N5/c1-2-7-20-33(19-6-1)27-16-17-29-28(31-27)30-26-11-8-18-32(22-26)21-23-12-14-25(15-13-23)24-9-4-3-5-10-24/h3-5,9-10,12-17,26H,1-2,6-8,11,18-22H2,(H,29,30,31). The monoisotopic (exact) mass is 441 g/mol. The molecule has 0 bridgehead atoms. The van der Waals surface area contributed by atoms with E-state index in [1.54, 1.807) is 0 Å². The molecule has 1 aromatic heterocycles. The van der Waals surface area contributed by atoms with E-state index in [0.717, 1.165) is 44.5 Å². The van der Waals surface area contributed by atoms with Crippen LogP contribution in [0.5, 0.6) is 0 Å². The van der Waals surface area contributed by atoms with E-state index in [9.17, 15) is 0 Å². The lowest BCUT2D eigenvalue weighted by molar-refractivity contribution is 0.208. The van der Waals surface area contributed by atoms with Gasteiger partial charge in [0.2, 0.25) is 5.95 Å². The van der Waals surface area contributed by atoms with Crippen molar-refractivity contribution in [1.82, 2.24) is 14.9 Å². The second-order valence-electron chi connectivity index (χ2n) is 9.42. The summed E-state index contributed by atoms with van der Waals surface area (Å²) in [6, 6.07) is 22.1. The number of piperidine rings is 1. The fourth-order valence-corrected chi connectivity index (χ4v) is 5.09. The number of likely N-dealkylation sites (tertiary alicyclic amines) is 1. The Kier molecular flexibility index (Phi) is 7.17. The SMILES string of the molecule is c1ccc(-c2ccc(CN3CCCC(Nc4nccc(N5CCCCCC5)n4)C3)cc2)cc1. The van der Waals surface area contributed by atoms with Crippen LogP contribution in [-0.4, -0.2) is 47.1 Å². The van der Waals surface area contributed by atoms with Gasteiger partial charge in [0.15, 0.2) is 0 Å². The van der Waals surface area contributed by atoms with Gasteiger partial charge in [0.1, 0.15) is 5.82 Å². The molecule has 0 radical (unpaired) electrons. The van der Waals surface area contributed by atoms with E-state index in [1.807, 2.05) is 6.20 Å². The molecule has 3 heterocycles. The Labute approximate surface area is 197 Å². The molecule has 1 N–H and O–H groups in total. The second-order valence-corrected chi connectivity index (χ2v) is 9.42. The molecule has 0 saturated carbocycles. The van der Waals surface area contributed by atoms with E-state index < -0.39 is 0 Å². The van der Waals surface area contributed by atoms with Crippen LogP contribution in [0, 0.1) is 0 Å². The smallest absolute Gasteiger partial charge is 0.224 e. The first-order chi connectivity index (χ1) is 16.3. The van der Waals surface area contributed by atoms with Gasteiger partial charge < -0.3 is 10.2 Å². The fourth-order valence-electron chi connectivity index (χ4n) is 5.09. The Morgan fingerprint density at radius 3 is 2.33 bits per heavy atom. The largest absolute Gasteiger partial charge is 0.356 e. The molecule has 2 aliphatic rings. The van der Waals surface area contributed by atoms with Gasteiger partial charge in [-0.3, -0.25) is 4.90 Å². The van der Waals surface area contributed by atoms with Gasteiger partial charge in [-0.25, -0.2) is 4.98 Å². The van der Waals surface area contributed by atoms with Crippen LogP contribution in [0.15, 0.2) is 66.9 Å². The Morgan fingerprint density at radius 1 is 0.788 bits per heavy atom. The molecule has 5 heteroatoms. The zero-order valence-corrected chi connectivity index (χ0v) is 19.5. The minimum absolute atomic E-state index is 0.390. The maximum Gasteiger partial charge on any atom is 0.224 e. The second kappa shape index (κ2) is 10.8. The molecule has 0 spiro atoms. The lowest BCUT2D eigenvalue weighted by atomic mass is 10.0. The van der Waals surface area contributed by atoms with Crippen molar-refractivity contribution in [3.05, 3.63) is 72.4 Å². The van der Waals surface area contributed by atoms with Crippen molar-refractivity contribution in [2.45, 2.75) is 51.1 Å². The first-order valence-corrected chi connectivity index (χ1v) is 12.5. The minimum atomic E-state index is 0.390. The van der Waals surface area contributed by atoms with E-state index in [-0.39, 0.29) is 0 Å². The van der Waals surface area contributed by atoms with Crippen LogP contribution in [-0.2, 0) is 6.54 Å². The summed E-state index contributed by atoms with van der Waals surface area (Å²) in [7, 11) is 0.